The number of nitrogens with one attached hydrogen (secondary N) is 1. The van der Waals surface area contributed by atoms with Gasteiger partial charge < -0.3 is 5.32 Å². The third kappa shape index (κ3) is 2.85. The van der Waals surface area contributed by atoms with E-state index in [0.29, 0.717) is 16.7 Å². The summed E-state index contributed by atoms with van der Waals surface area (Å²) in [6.45, 7) is 8.01. The van der Waals surface area contributed by atoms with Gasteiger partial charge in [0.2, 0.25) is 5.16 Å². The molecule has 1 N–H and O–H groups in total. The summed E-state index contributed by atoms with van der Waals surface area (Å²) in [6.07, 6.45) is 3.67. The topological polar surface area (TPSA) is 55.6 Å². The molecule has 0 saturated heterocycles. The molecule has 0 amide bonds. The third-order valence-corrected chi connectivity index (χ3v) is 5.11. The van der Waals surface area contributed by atoms with Crippen LogP contribution in [0, 0.1) is 5.41 Å². The van der Waals surface area contributed by atoms with Crippen molar-refractivity contribution in [1.29, 1.82) is 0 Å². The molecule has 1 aliphatic carbocycles. The minimum absolute atomic E-state index is 0.360. The van der Waals surface area contributed by atoms with E-state index in [4.69, 9.17) is 0 Å². The van der Waals surface area contributed by atoms with Crippen molar-refractivity contribution in [2.45, 2.75) is 56.5 Å². The van der Waals surface area contributed by atoms with E-state index >= 15 is 0 Å². The quantitative estimate of drug-likeness (QED) is 0.884. The first-order chi connectivity index (χ1) is 8.54. The van der Waals surface area contributed by atoms with Gasteiger partial charge in [0.15, 0.2) is 0 Å². The van der Waals surface area contributed by atoms with Crippen molar-refractivity contribution in [3.8, 4) is 0 Å². The molecule has 6 heteroatoms. The van der Waals surface area contributed by atoms with Gasteiger partial charge in [0.1, 0.15) is 0 Å². The highest BCUT2D eigenvalue weighted by molar-refractivity contribution is 7.99. The summed E-state index contributed by atoms with van der Waals surface area (Å²) in [7, 11) is 1.90. The van der Waals surface area contributed by atoms with E-state index in [1.807, 2.05) is 18.8 Å². The molecule has 0 aliphatic heterocycles. The molecule has 1 aromatic rings. The van der Waals surface area contributed by atoms with Gasteiger partial charge in [-0.3, -0.25) is 0 Å². The van der Waals surface area contributed by atoms with E-state index in [-0.39, 0.29) is 0 Å². The van der Waals surface area contributed by atoms with E-state index < -0.39 is 0 Å². The van der Waals surface area contributed by atoms with Gasteiger partial charge in [-0.1, -0.05) is 32.5 Å². The van der Waals surface area contributed by atoms with Crippen LogP contribution in [0.5, 0.6) is 0 Å². The zero-order chi connectivity index (χ0) is 13.2. The fourth-order valence-electron chi connectivity index (χ4n) is 2.63. The Kier molecular flexibility index (Phi) is 4.27. The van der Waals surface area contributed by atoms with Crippen molar-refractivity contribution in [2.75, 3.05) is 6.54 Å². The van der Waals surface area contributed by atoms with E-state index in [0.717, 1.165) is 11.7 Å². The lowest BCUT2D eigenvalue weighted by Gasteiger charge is -2.31. The van der Waals surface area contributed by atoms with Gasteiger partial charge in [-0.15, -0.1) is 5.10 Å². The average molecular weight is 269 g/mol. The van der Waals surface area contributed by atoms with Gasteiger partial charge in [0.25, 0.3) is 0 Å². The van der Waals surface area contributed by atoms with Crippen molar-refractivity contribution in [1.82, 2.24) is 25.5 Å². The Morgan fingerprint density at radius 3 is 2.89 bits per heavy atom. The lowest BCUT2D eigenvalue weighted by atomic mass is 9.87. The Bertz CT molecular complexity index is 390. The number of thioether (sulfide) groups is 1. The van der Waals surface area contributed by atoms with Gasteiger partial charge in [0, 0.05) is 18.3 Å². The van der Waals surface area contributed by atoms with Crippen LogP contribution in [0.4, 0.5) is 0 Å². The molecule has 1 heterocycles. The summed E-state index contributed by atoms with van der Waals surface area (Å²) < 4.78 is 1.76. The van der Waals surface area contributed by atoms with E-state index in [1.165, 1.54) is 19.3 Å². The van der Waals surface area contributed by atoms with Gasteiger partial charge in [-0.2, -0.15) is 0 Å². The second-order valence-corrected chi connectivity index (χ2v) is 6.91. The first-order valence-electron chi connectivity index (χ1n) is 6.67. The number of nitrogens with zero attached hydrogens (tertiary/aromatic N) is 4. The van der Waals surface area contributed by atoms with Crippen LogP contribution in [0.3, 0.4) is 0 Å². The van der Waals surface area contributed by atoms with Gasteiger partial charge in [-0.25, -0.2) is 4.68 Å². The second kappa shape index (κ2) is 5.57. The number of rotatable bonds is 5. The summed E-state index contributed by atoms with van der Waals surface area (Å²) in [5, 5.41) is 16.9. The first-order valence-corrected chi connectivity index (χ1v) is 7.55. The maximum atomic E-state index is 4.08. The Labute approximate surface area is 113 Å². The van der Waals surface area contributed by atoms with Crippen molar-refractivity contribution in [3.05, 3.63) is 0 Å². The maximum absolute atomic E-state index is 4.08. The van der Waals surface area contributed by atoms with Crippen LogP contribution in [0.2, 0.25) is 0 Å². The lowest BCUT2D eigenvalue weighted by molar-refractivity contribution is 0.287. The molecule has 18 heavy (non-hydrogen) atoms. The van der Waals surface area contributed by atoms with E-state index in [1.54, 1.807) is 4.68 Å². The Balaban J connectivity index is 2.05. The number of hydrogen-bond donors (Lipinski definition) is 1. The molecule has 0 spiro atoms. The molecular weight excluding hydrogens is 246 g/mol. The lowest BCUT2D eigenvalue weighted by Crippen LogP contribution is -2.43. The van der Waals surface area contributed by atoms with Crippen LogP contribution >= 0.6 is 11.8 Å². The molecule has 0 bridgehead atoms. The van der Waals surface area contributed by atoms with Crippen LogP contribution in [0.1, 0.15) is 40.0 Å². The smallest absolute Gasteiger partial charge is 0.209 e. The molecular formula is C12H23N5S. The minimum atomic E-state index is 0.360. The zero-order valence-corrected chi connectivity index (χ0v) is 12.5. The predicted octanol–water partition coefficient (Wildman–Crippen LogP) is 1.86. The second-order valence-electron chi connectivity index (χ2n) is 5.70. The summed E-state index contributed by atoms with van der Waals surface area (Å²) in [4.78, 5) is 0. The summed E-state index contributed by atoms with van der Waals surface area (Å²) in [6, 6.07) is 0.541. The molecule has 1 fully saturated rings. The molecule has 2 atom stereocenters. The summed E-state index contributed by atoms with van der Waals surface area (Å²) in [5.41, 5.74) is 0.360. The summed E-state index contributed by atoms with van der Waals surface area (Å²) in [5.74, 6) is 0. The van der Waals surface area contributed by atoms with Gasteiger partial charge in [0.05, 0.1) is 0 Å². The van der Waals surface area contributed by atoms with E-state index in [2.05, 4.69) is 41.6 Å². The van der Waals surface area contributed by atoms with Crippen LogP contribution in [0.25, 0.3) is 0 Å². The minimum Gasteiger partial charge on any atom is -0.312 e. The van der Waals surface area contributed by atoms with Crippen molar-refractivity contribution in [2.24, 2.45) is 12.5 Å². The largest absolute Gasteiger partial charge is 0.312 e. The average Bonchev–Trinajstić information content (AvgIpc) is 2.83. The fourth-order valence-corrected chi connectivity index (χ4v) is 4.01. The Morgan fingerprint density at radius 1 is 1.50 bits per heavy atom. The van der Waals surface area contributed by atoms with Crippen molar-refractivity contribution in [3.63, 3.8) is 0 Å². The van der Waals surface area contributed by atoms with Crippen LogP contribution in [-0.2, 0) is 7.05 Å². The Morgan fingerprint density at radius 2 is 2.28 bits per heavy atom. The molecule has 1 aromatic heterocycles. The molecule has 2 rings (SSSR count). The molecule has 0 aromatic carbocycles. The SMILES string of the molecule is CCCNC1C(Sc2nnnn2C)CCC1(C)C. The normalized spacial score (nSPS) is 26.7. The summed E-state index contributed by atoms with van der Waals surface area (Å²) >= 11 is 1.81. The predicted molar refractivity (Wildman–Crippen MR) is 73.5 cm³/mol. The number of aryl methyl sites for hydroxylation is 1. The van der Waals surface area contributed by atoms with Crippen LogP contribution in [-0.4, -0.2) is 38.0 Å². The monoisotopic (exact) mass is 269 g/mol. The molecule has 2 unspecified atom stereocenters. The molecule has 1 saturated carbocycles. The number of hydrogen-bond acceptors (Lipinski definition) is 5. The van der Waals surface area contributed by atoms with Crippen molar-refractivity contribution < 1.29 is 0 Å². The van der Waals surface area contributed by atoms with Gasteiger partial charge >= 0.3 is 0 Å². The molecule has 102 valence electrons. The highest BCUT2D eigenvalue weighted by Crippen LogP contribution is 2.44. The zero-order valence-electron chi connectivity index (χ0n) is 11.7. The molecule has 0 radical (unpaired) electrons. The Hall–Kier alpha value is -0.620. The highest BCUT2D eigenvalue weighted by atomic mass is 32.2. The third-order valence-electron chi connectivity index (χ3n) is 3.74. The molecule has 1 aliphatic rings. The van der Waals surface area contributed by atoms with Crippen LogP contribution in [0.15, 0.2) is 5.16 Å². The number of aromatic nitrogens is 4. The highest BCUT2D eigenvalue weighted by Gasteiger charge is 2.42. The maximum Gasteiger partial charge on any atom is 0.209 e. The van der Waals surface area contributed by atoms with Crippen molar-refractivity contribution >= 4 is 11.8 Å². The standard InChI is InChI=1S/C12H23N5S/c1-5-8-13-10-9(6-7-12(10,2)3)18-11-14-15-16-17(11)4/h9-10,13H,5-8H2,1-4H3. The first kappa shape index (κ1) is 13.8. The number of tetrazole rings is 1. The van der Waals surface area contributed by atoms with Gasteiger partial charge in [-0.05, 0) is 41.6 Å². The van der Waals surface area contributed by atoms with E-state index in [9.17, 15) is 0 Å². The molecule has 5 nitrogen and oxygen atoms in total. The van der Waals surface area contributed by atoms with Crippen LogP contribution < -0.4 is 5.32 Å². The fraction of sp³-hybridized carbons (Fsp3) is 0.917.